The SMILES string of the molecule is [2H]C1([2H])N(c2ccc3c(-c4cc(C(=O)[O-])ccc4C(=O)O)c4ccc(=[N+]5C([2H])([2H])C([2H])([2H])C5([2H])[2H])cc-4oc3c2)C([2H])([2H])C1([2H])[2H]. The third-order valence-electron chi connectivity index (χ3n) is 5.63. The van der Waals surface area contributed by atoms with Gasteiger partial charge in [0.15, 0.2) is 0 Å². The monoisotopic (exact) mass is 466 g/mol. The van der Waals surface area contributed by atoms with Crippen molar-refractivity contribution < 1.29 is 40.7 Å². The highest BCUT2D eigenvalue weighted by atomic mass is 16.4. The van der Waals surface area contributed by atoms with Crippen molar-refractivity contribution in [2.24, 2.45) is 0 Å². The van der Waals surface area contributed by atoms with Crippen molar-refractivity contribution in [1.82, 2.24) is 4.58 Å². The molecule has 7 nitrogen and oxygen atoms in total. The maximum Gasteiger partial charge on any atom is 0.336 e. The lowest BCUT2D eigenvalue weighted by Gasteiger charge is -2.33. The number of hydrogen-bond acceptors (Lipinski definition) is 5. The minimum absolute atomic E-state index is 0.0877. The molecule has 4 aliphatic rings. The van der Waals surface area contributed by atoms with E-state index >= 15 is 0 Å². The molecule has 2 aromatic rings. The number of hydrogen-bond donors (Lipinski definition) is 1. The fraction of sp³-hybridized carbons (Fsp3) is 0.222. The van der Waals surface area contributed by atoms with Gasteiger partial charge in [0.25, 0.3) is 0 Å². The van der Waals surface area contributed by atoms with Gasteiger partial charge in [0.05, 0.1) is 24.0 Å². The van der Waals surface area contributed by atoms with E-state index < -0.39 is 50.7 Å². The first kappa shape index (κ1) is 11.3. The summed E-state index contributed by atoms with van der Waals surface area (Å²) in [6.07, 6.45) is -5.81. The molecule has 0 amide bonds. The summed E-state index contributed by atoms with van der Waals surface area (Å²) >= 11 is 0. The lowest BCUT2D eigenvalue weighted by atomic mass is 9.89. The second-order valence-electron chi connectivity index (χ2n) is 7.56. The summed E-state index contributed by atoms with van der Waals surface area (Å²) in [5, 5.41) is 21.8. The fourth-order valence-electron chi connectivity index (χ4n) is 3.98. The van der Waals surface area contributed by atoms with Gasteiger partial charge in [0.2, 0.25) is 5.36 Å². The second-order valence-corrected chi connectivity index (χ2v) is 7.56. The zero-order valence-electron chi connectivity index (χ0n) is 29.2. The maximum atomic E-state index is 12.3. The molecule has 0 atom stereocenters. The number of carbonyl (C=O) groups excluding carboxylic acids is 1. The summed E-state index contributed by atoms with van der Waals surface area (Å²) in [5.41, 5.74) is -0.868. The molecule has 0 radical (unpaired) electrons. The van der Waals surface area contributed by atoms with Crippen LogP contribution in [0.1, 0.15) is 49.9 Å². The van der Waals surface area contributed by atoms with Crippen molar-refractivity contribution in [1.29, 1.82) is 0 Å². The van der Waals surface area contributed by atoms with E-state index in [1.807, 2.05) is 0 Å². The van der Waals surface area contributed by atoms with Gasteiger partial charge in [-0.3, -0.25) is 0 Å². The third-order valence-corrected chi connectivity index (χ3v) is 5.63. The molecule has 1 N–H and O–H groups in total. The molecular formula is C27H22N2O5. The van der Waals surface area contributed by atoms with Gasteiger partial charge in [-0.05, 0) is 47.8 Å². The summed E-state index contributed by atoms with van der Waals surface area (Å²) in [5.74, 6) is -3.16. The van der Waals surface area contributed by atoms with Crippen molar-refractivity contribution in [2.75, 3.05) is 30.9 Å². The average Bonchev–Trinajstić information content (AvgIpc) is 2.94. The van der Waals surface area contributed by atoms with Crippen molar-refractivity contribution in [3.8, 4) is 22.5 Å². The molecule has 3 heterocycles. The van der Waals surface area contributed by atoms with Crippen LogP contribution in [0.3, 0.4) is 0 Å². The molecule has 6 rings (SSSR count). The maximum absolute atomic E-state index is 12.3. The average molecular weight is 467 g/mol. The van der Waals surface area contributed by atoms with E-state index in [1.165, 1.54) is 36.4 Å². The Bertz CT molecular complexity index is 2020. The Morgan fingerprint density at radius 3 is 2.59 bits per heavy atom. The van der Waals surface area contributed by atoms with E-state index in [0.29, 0.717) is 9.48 Å². The molecule has 0 unspecified atom stereocenters. The molecule has 0 spiro atoms. The van der Waals surface area contributed by atoms with Gasteiger partial charge < -0.3 is 24.3 Å². The van der Waals surface area contributed by atoms with E-state index in [9.17, 15) is 19.8 Å². The van der Waals surface area contributed by atoms with E-state index in [0.717, 1.165) is 18.2 Å². The Labute approximate surface area is 212 Å². The number of benzene rings is 3. The van der Waals surface area contributed by atoms with Crippen LogP contribution in [-0.4, -0.2) is 43.0 Å². The van der Waals surface area contributed by atoms with E-state index in [2.05, 4.69) is 0 Å². The first-order valence-corrected chi connectivity index (χ1v) is 10.0. The topological polar surface area (TPSA) is 96.8 Å². The number of carbonyl (C=O) groups is 2. The molecule has 0 bridgehead atoms. The number of fused-ring (bicyclic) bond motifs is 2. The number of aromatic carboxylic acids is 2. The van der Waals surface area contributed by atoms with Crippen LogP contribution in [0.15, 0.2) is 59.0 Å². The zero-order valence-corrected chi connectivity index (χ0v) is 17.2. The van der Waals surface area contributed by atoms with Gasteiger partial charge in [-0.2, -0.15) is 0 Å². The quantitative estimate of drug-likeness (QED) is 0.367. The number of anilines is 1. The Hall–Kier alpha value is -4.13. The number of carboxylic acid groups (broad SMARTS) is 2. The van der Waals surface area contributed by atoms with Crippen LogP contribution in [0, 0.1) is 0 Å². The molecule has 2 saturated heterocycles. The van der Waals surface area contributed by atoms with Crippen LogP contribution < -0.4 is 19.9 Å². The van der Waals surface area contributed by atoms with Gasteiger partial charge >= 0.3 is 5.97 Å². The molecule has 7 heteroatoms. The molecule has 0 aromatic heterocycles. The molecule has 170 valence electrons. The molecule has 2 aromatic carbocycles. The normalized spacial score (nSPS) is 29.4. The summed E-state index contributed by atoms with van der Waals surface area (Å²) in [6.45, 7) is -11.2. The number of rotatable bonds is 4. The van der Waals surface area contributed by atoms with Gasteiger partial charge in [-0.1, -0.05) is 6.07 Å². The highest BCUT2D eigenvalue weighted by Crippen LogP contribution is 2.42. The minimum Gasteiger partial charge on any atom is -0.545 e. The highest BCUT2D eigenvalue weighted by Gasteiger charge is 2.25. The summed E-state index contributed by atoms with van der Waals surface area (Å²) < 4.78 is 104. The Morgan fingerprint density at radius 2 is 1.82 bits per heavy atom. The summed E-state index contributed by atoms with van der Waals surface area (Å²) in [7, 11) is 0. The zero-order chi connectivity index (χ0) is 34.2. The first-order valence-electron chi connectivity index (χ1n) is 16.0. The van der Waals surface area contributed by atoms with Crippen molar-refractivity contribution in [3.05, 3.63) is 71.1 Å². The first-order chi connectivity index (χ1) is 21.0. The minimum atomic E-state index is -2.91. The molecule has 1 aliphatic carbocycles. The smallest absolute Gasteiger partial charge is 0.336 e. The second kappa shape index (κ2) is 7.73. The predicted molar refractivity (Wildman–Crippen MR) is 126 cm³/mol. The molecular weight excluding hydrogens is 432 g/mol. The van der Waals surface area contributed by atoms with Gasteiger partial charge in [0, 0.05) is 58.3 Å². The Kier molecular flexibility index (Phi) is 2.58. The van der Waals surface area contributed by atoms with Crippen molar-refractivity contribution in [2.45, 2.75) is 12.7 Å². The van der Waals surface area contributed by atoms with Crippen LogP contribution >= 0.6 is 0 Å². The van der Waals surface area contributed by atoms with Crippen molar-refractivity contribution in [3.63, 3.8) is 0 Å². The lowest BCUT2D eigenvalue weighted by Crippen LogP contribution is -2.40. The molecule has 34 heavy (non-hydrogen) atoms. The predicted octanol–water partition coefficient (Wildman–Crippen LogP) is 2.65. The highest BCUT2D eigenvalue weighted by molar-refractivity contribution is 6.09. The Morgan fingerprint density at radius 1 is 1.00 bits per heavy atom. The third kappa shape index (κ3) is 3.23. The largest absolute Gasteiger partial charge is 0.545 e. The van der Waals surface area contributed by atoms with Gasteiger partial charge in [-0.15, -0.1) is 0 Å². The van der Waals surface area contributed by atoms with Crippen LogP contribution in [-0.2, 0) is 0 Å². The van der Waals surface area contributed by atoms with Crippen LogP contribution in [0.2, 0.25) is 0 Å². The molecule has 2 fully saturated rings. The fourth-order valence-corrected chi connectivity index (χ4v) is 3.98. The van der Waals surface area contributed by atoms with Crippen LogP contribution in [0.25, 0.3) is 33.4 Å². The molecule has 0 saturated carbocycles. The van der Waals surface area contributed by atoms with Crippen LogP contribution in [0.5, 0.6) is 0 Å². The van der Waals surface area contributed by atoms with Gasteiger partial charge in [0.1, 0.15) is 29.8 Å². The van der Waals surface area contributed by atoms with E-state index in [-0.39, 0.29) is 55.6 Å². The molecule has 3 aliphatic heterocycles. The number of carboxylic acids is 2. The Balaban J connectivity index is 1.72. The van der Waals surface area contributed by atoms with E-state index in [4.69, 9.17) is 20.9 Å². The van der Waals surface area contributed by atoms with E-state index in [1.54, 1.807) is 0 Å². The summed E-state index contributed by atoms with van der Waals surface area (Å²) in [4.78, 5) is 24.6. The van der Waals surface area contributed by atoms with Crippen molar-refractivity contribution >= 4 is 28.6 Å². The summed E-state index contributed by atoms with van der Waals surface area (Å²) in [6, 6.07) is 10.7. The standard InChI is InChI=1S/C27H22N2O5/c30-26(31)16-3-6-19(27(32)33)22(13-16)25-20-7-4-17(28-9-1-10-28)14-23(20)34-24-15-18(5-8-21(24)25)29-11-2-12-29/h3-8,13-15H,1-2,9-12H2,(H-,30,31,32,33)/i1D2,2D2,9D2,10D2,11D2,12D2. The van der Waals surface area contributed by atoms with Crippen LogP contribution in [0.4, 0.5) is 5.69 Å². The lowest BCUT2D eigenvalue weighted by molar-refractivity contribution is -0.255. The van der Waals surface area contributed by atoms with Gasteiger partial charge in [-0.25, -0.2) is 9.37 Å². The number of nitrogens with zero attached hydrogens (tertiary/aromatic N) is 2.